The van der Waals surface area contributed by atoms with Crippen molar-refractivity contribution < 1.29 is 9.90 Å². The first-order valence-electron chi connectivity index (χ1n) is 6.22. The van der Waals surface area contributed by atoms with Crippen LogP contribution in [0.1, 0.15) is 24.5 Å². The molecule has 1 saturated heterocycles. The van der Waals surface area contributed by atoms with Gasteiger partial charge in [0.1, 0.15) is 0 Å². The van der Waals surface area contributed by atoms with Crippen LogP contribution in [0.2, 0.25) is 10.0 Å². The lowest BCUT2D eigenvalue weighted by Gasteiger charge is -2.17. The fourth-order valence-corrected chi connectivity index (χ4v) is 2.81. The predicted molar refractivity (Wildman–Crippen MR) is 75.5 cm³/mol. The van der Waals surface area contributed by atoms with Crippen molar-refractivity contribution in [1.29, 1.82) is 0 Å². The van der Waals surface area contributed by atoms with Crippen LogP contribution >= 0.6 is 23.2 Å². The quantitative estimate of drug-likeness (QED) is 0.796. The third-order valence-corrected chi connectivity index (χ3v) is 3.84. The second-order valence-electron chi connectivity index (χ2n) is 4.55. The molecule has 1 aromatic rings. The molecule has 1 aromatic carbocycles. The van der Waals surface area contributed by atoms with Crippen molar-refractivity contribution in [3.05, 3.63) is 33.8 Å². The van der Waals surface area contributed by atoms with Gasteiger partial charge in [0.05, 0.1) is 12.1 Å². The molecule has 0 radical (unpaired) electrons. The predicted octanol–water partition coefficient (Wildman–Crippen LogP) is 1.89. The smallest absolute Gasteiger partial charge is 0.237 e. The molecule has 2 atom stereocenters. The van der Waals surface area contributed by atoms with E-state index in [-0.39, 0.29) is 18.5 Å². The Hall–Kier alpha value is -0.810. The minimum absolute atomic E-state index is 0.0975. The van der Waals surface area contributed by atoms with Crippen LogP contribution in [0, 0.1) is 0 Å². The van der Waals surface area contributed by atoms with Gasteiger partial charge in [-0.25, -0.2) is 0 Å². The summed E-state index contributed by atoms with van der Waals surface area (Å²) in [6.45, 7) is 0.956. The standard InChI is InChI=1S/C13H16Cl2N2O2/c14-8-3-1-4-9(15)12(8)11(18)7-17-13(19)10-5-2-6-16-10/h1,3-4,10-11,16,18H,2,5-7H2,(H,17,19)/t10-,11-/m1/s1. The van der Waals surface area contributed by atoms with Gasteiger partial charge in [-0.2, -0.15) is 0 Å². The Labute approximate surface area is 122 Å². The lowest BCUT2D eigenvalue weighted by molar-refractivity contribution is -0.123. The van der Waals surface area contributed by atoms with Gasteiger partial charge in [-0.3, -0.25) is 4.79 Å². The summed E-state index contributed by atoms with van der Waals surface area (Å²) in [5, 5.41) is 16.7. The van der Waals surface area contributed by atoms with E-state index >= 15 is 0 Å². The third-order valence-electron chi connectivity index (χ3n) is 3.18. The summed E-state index contributed by atoms with van der Waals surface area (Å²) in [5.74, 6) is -0.0975. The number of halogens is 2. The molecule has 1 fully saturated rings. The van der Waals surface area contributed by atoms with Crippen molar-refractivity contribution in [2.75, 3.05) is 13.1 Å². The molecule has 2 rings (SSSR count). The molecule has 0 unspecified atom stereocenters. The maximum absolute atomic E-state index is 11.8. The number of aliphatic hydroxyl groups is 1. The molecule has 0 aromatic heterocycles. The highest BCUT2D eigenvalue weighted by atomic mass is 35.5. The number of benzene rings is 1. The topological polar surface area (TPSA) is 61.4 Å². The number of carbonyl (C=O) groups is 1. The molecule has 1 amide bonds. The van der Waals surface area contributed by atoms with E-state index in [0.717, 1.165) is 19.4 Å². The molecule has 0 bridgehead atoms. The molecular weight excluding hydrogens is 287 g/mol. The van der Waals surface area contributed by atoms with E-state index in [1.165, 1.54) is 0 Å². The van der Waals surface area contributed by atoms with E-state index in [1.54, 1.807) is 18.2 Å². The Morgan fingerprint density at radius 3 is 2.74 bits per heavy atom. The van der Waals surface area contributed by atoms with E-state index in [0.29, 0.717) is 15.6 Å². The van der Waals surface area contributed by atoms with Gasteiger partial charge in [0.15, 0.2) is 0 Å². The van der Waals surface area contributed by atoms with Gasteiger partial charge in [-0.05, 0) is 31.5 Å². The average Bonchev–Trinajstić information content (AvgIpc) is 2.89. The fraction of sp³-hybridized carbons (Fsp3) is 0.462. The zero-order chi connectivity index (χ0) is 13.8. The van der Waals surface area contributed by atoms with E-state index < -0.39 is 6.10 Å². The summed E-state index contributed by atoms with van der Waals surface area (Å²) in [4.78, 5) is 11.8. The van der Waals surface area contributed by atoms with E-state index in [1.807, 2.05) is 0 Å². The van der Waals surface area contributed by atoms with Crippen molar-refractivity contribution in [2.45, 2.75) is 25.0 Å². The number of aliphatic hydroxyl groups excluding tert-OH is 1. The number of hydrogen-bond donors (Lipinski definition) is 3. The minimum atomic E-state index is -0.911. The third kappa shape index (κ3) is 3.60. The number of carbonyl (C=O) groups excluding carboxylic acids is 1. The molecule has 0 aliphatic carbocycles. The monoisotopic (exact) mass is 302 g/mol. The highest BCUT2D eigenvalue weighted by molar-refractivity contribution is 6.36. The zero-order valence-electron chi connectivity index (χ0n) is 10.3. The lowest BCUT2D eigenvalue weighted by atomic mass is 10.1. The lowest BCUT2D eigenvalue weighted by Crippen LogP contribution is -2.41. The maximum Gasteiger partial charge on any atom is 0.237 e. The molecule has 1 heterocycles. The van der Waals surface area contributed by atoms with Gasteiger partial charge in [0.25, 0.3) is 0 Å². The van der Waals surface area contributed by atoms with Crippen LogP contribution in [-0.2, 0) is 4.79 Å². The summed E-state index contributed by atoms with van der Waals surface area (Å²) in [7, 11) is 0. The first kappa shape index (κ1) is 14.6. The van der Waals surface area contributed by atoms with Crippen LogP contribution in [0.5, 0.6) is 0 Å². The highest BCUT2D eigenvalue weighted by Gasteiger charge is 2.23. The van der Waals surface area contributed by atoms with Gasteiger partial charge in [0.2, 0.25) is 5.91 Å². The molecule has 0 spiro atoms. The minimum Gasteiger partial charge on any atom is -0.386 e. The Balaban J connectivity index is 1.93. The van der Waals surface area contributed by atoms with Gasteiger partial charge >= 0.3 is 0 Å². The molecule has 6 heteroatoms. The fourth-order valence-electron chi connectivity index (χ4n) is 2.16. The molecular formula is C13H16Cl2N2O2. The van der Waals surface area contributed by atoms with Gasteiger partial charge < -0.3 is 15.7 Å². The highest BCUT2D eigenvalue weighted by Crippen LogP contribution is 2.29. The zero-order valence-corrected chi connectivity index (χ0v) is 11.8. The van der Waals surface area contributed by atoms with Crippen molar-refractivity contribution in [2.24, 2.45) is 0 Å². The number of nitrogens with one attached hydrogen (secondary N) is 2. The second-order valence-corrected chi connectivity index (χ2v) is 5.36. The summed E-state index contributed by atoms with van der Waals surface area (Å²) in [6, 6.07) is 4.87. The van der Waals surface area contributed by atoms with Crippen molar-refractivity contribution in [1.82, 2.24) is 10.6 Å². The molecule has 1 aliphatic heterocycles. The second kappa shape index (κ2) is 6.57. The maximum atomic E-state index is 11.8. The molecule has 104 valence electrons. The Bertz CT molecular complexity index is 442. The summed E-state index contributed by atoms with van der Waals surface area (Å²) in [6.07, 6.45) is 0.915. The van der Waals surface area contributed by atoms with Crippen LogP contribution in [0.25, 0.3) is 0 Å². The Kier molecular flexibility index (Phi) is 5.05. The largest absolute Gasteiger partial charge is 0.386 e. The van der Waals surface area contributed by atoms with Crippen molar-refractivity contribution in [3.8, 4) is 0 Å². The van der Waals surface area contributed by atoms with Crippen LogP contribution < -0.4 is 10.6 Å². The van der Waals surface area contributed by atoms with Crippen molar-refractivity contribution in [3.63, 3.8) is 0 Å². The van der Waals surface area contributed by atoms with E-state index in [9.17, 15) is 9.90 Å². The normalized spacial score (nSPS) is 20.3. The number of amides is 1. The van der Waals surface area contributed by atoms with Crippen molar-refractivity contribution >= 4 is 29.1 Å². The molecule has 19 heavy (non-hydrogen) atoms. The van der Waals surface area contributed by atoms with Gasteiger partial charge in [0, 0.05) is 22.2 Å². The molecule has 4 nitrogen and oxygen atoms in total. The first-order valence-corrected chi connectivity index (χ1v) is 6.98. The SMILES string of the molecule is O=C(NC[C@@H](O)c1c(Cl)cccc1Cl)[C@H]1CCCN1. The molecule has 0 saturated carbocycles. The van der Waals surface area contributed by atoms with Gasteiger partial charge in [-0.1, -0.05) is 29.3 Å². The summed E-state index contributed by atoms with van der Waals surface area (Å²) >= 11 is 12.0. The summed E-state index contributed by atoms with van der Waals surface area (Å²) in [5.41, 5.74) is 0.450. The number of rotatable bonds is 4. The van der Waals surface area contributed by atoms with Crippen LogP contribution in [0.3, 0.4) is 0 Å². The van der Waals surface area contributed by atoms with Crippen LogP contribution in [-0.4, -0.2) is 30.1 Å². The molecule has 3 N–H and O–H groups in total. The van der Waals surface area contributed by atoms with E-state index in [4.69, 9.17) is 23.2 Å². The summed E-state index contributed by atoms with van der Waals surface area (Å²) < 4.78 is 0. The first-order chi connectivity index (χ1) is 9.09. The Morgan fingerprint density at radius 2 is 2.16 bits per heavy atom. The van der Waals surface area contributed by atoms with Crippen LogP contribution in [0.15, 0.2) is 18.2 Å². The molecule has 1 aliphatic rings. The van der Waals surface area contributed by atoms with Gasteiger partial charge in [-0.15, -0.1) is 0 Å². The Morgan fingerprint density at radius 1 is 1.47 bits per heavy atom. The van der Waals surface area contributed by atoms with Crippen LogP contribution in [0.4, 0.5) is 0 Å². The van der Waals surface area contributed by atoms with E-state index in [2.05, 4.69) is 10.6 Å². The average molecular weight is 303 g/mol. The number of hydrogen-bond acceptors (Lipinski definition) is 3.